The van der Waals surface area contributed by atoms with Crippen LogP contribution in [0.15, 0.2) is 54.7 Å². The van der Waals surface area contributed by atoms with Crippen molar-refractivity contribution >= 4 is 34.0 Å². The molecule has 0 aliphatic rings. The van der Waals surface area contributed by atoms with Crippen LogP contribution in [0.2, 0.25) is 5.02 Å². The van der Waals surface area contributed by atoms with Crippen molar-refractivity contribution in [1.29, 1.82) is 0 Å². The molecule has 1 amide bonds. The Morgan fingerprint density at radius 2 is 1.67 bits per heavy atom. The monoisotopic (exact) mass is 399 g/mol. The average Bonchev–Trinajstić information content (AvgIpc) is 3.06. The number of aromatic nitrogens is 1. The Bertz CT molecular complexity index is 889. The van der Waals surface area contributed by atoms with Crippen LogP contribution in [-0.2, 0) is 10.3 Å². The molecule has 0 aliphatic carbocycles. The Kier molecular flexibility index (Phi) is 5.65. The third-order valence-electron chi connectivity index (χ3n) is 4.55. The second-order valence-corrected chi connectivity index (χ2v) is 8.35. The van der Waals surface area contributed by atoms with Crippen molar-refractivity contribution in [2.45, 2.75) is 26.3 Å². The molecule has 2 N–H and O–H groups in total. The Morgan fingerprint density at radius 1 is 1.11 bits per heavy atom. The maximum Gasteiger partial charge on any atom is 0.225 e. The van der Waals surface area contributed by atoms with E-state index in [9.17, 15) is 4.79 Å². The fourth-order valence-corrected chi connectivity index (χ4v) is 3.91. The Balaban J connectivity index is 2.09. The molecular weight excluding hydrogens is 378 g/mol. The number of carbonyl (C=O) groups is 1. The van der Waals surface area contributed by atoms with E-state index in [1.807, 2.05) is 62.4 Å². The van der Waals surface area contributed by atoms with Gasteiger partial charge >= 0.3 is 0 Å². The molecule has 0 spiro atoms. The van der Waals surface area contributed by atoms with Crippen LogP contribution in [-0.4, -0.2) is 17.4 Å². The lowest BCUT2D eigenvalue weighted by Crippen LogP contribution is -2.50. The zero-order valence-corrected chi connectivity index (χ0v) is 17.1. The normalized spacial score (nSPS) is 13.2. The number of benzene rings is 2. The Hall–Kier alpha value is -2.21. The van der Waals surface area contributed by atoms with Crippen LogP contribution in [0.1, 0.15) is 28.5 Å². The number of carbonyl (C=O) groups excluding carboxylic acids is 1. The first-order valence-corrected chi connectivity index (χ1v) is 9.81. The number of anilines is 1. The molecule has 0 bridgehead atoms. The maximum atomic E-state index is 12.4. The third kappa shape index (κ3) is 4.21. The van der Waals surface area contributed by atoms with Gasteiger partial charge in [-0.2, -0.15) is 0 Å². The molecular formula is C21H22ClN3OS. The number of nitrogens with two attached hydrogens (primary N) is 1. The van der Waals surface area contributed by atoms with Crippen LogP contribution < -0.4 is 10.6 Å². The van der Waals surface area contributed by atoms with Gasteiger partial charge in [-0.25, -0.2) is 4.98 Å². The first-order chi connectivity index (χ1) is 12.8. The van der Waals surface area contributed by atoms with Gasteiger partial charge in [0.1, 0.15) is 0 Å². The lowest BCUT2D eigenvalue weighted by Gasteiger charge is -2.35. The van der Waals surface area contributed by atoms with Gasteiger partial charge in [0.2, 0.25) is 5.91 Å². The van der Waals surface area contributed by atoms with Gasteiger partial charge in [-0.15, -0.1) is 11.3 Å². The number of hydrogen-bond donors (Lipinski definition) is 1. The summed E-state index contributed by atoms with van der Waals surface area (Å²) in [6.45, 7) is 5.81. The molecule has 140 valence electrons. The molecule has 1 atom stereocenters. The lowest BCUT2D eigenvalue weighted by molar-refractivity contribution is -0.116. The number of hydrogen-bond acceptors (Lipinski definition) is 4. The molecule has 3 rings (SSSR count). The van der Waals surface area contributed by atoms with Crippen molar-refractivity contribution in [3.05, 3.63) is 81.3 Å². The van der Waals surface area contributed by atoms with E-state index in [0.717, 1.165) is 21.6 Å². The van der Waals surface area contributed by atoms with Gasteiger partial charge in [-0.3, -0.25) is 9.69 Å². The van der Waals surface area contributed by atoms with E-state index < -0.39 is 5.54 Å². The van der Waals surface area contributed by atoms with Gasteiger partial charge in [0.25, 0.3) is 0 Å². The number of halogens is 1. The highest BCUT2D eigenvalue weighted by Gasteiger charge is 2.34. The summed E-state index contributed by atoms with van der Waals surface area (Å²) in [5, 5.41) is 1.29. The minimum atomic E-state index is -0.899. The molecule has 0 saturated carbocycles. The zero-order chi connectivity index (χ0) is 19.6. The second-order valence-electron chi connectivity index (χ2n) is 6.70. The van der Waals surface area contributed by atoms with Gasteiger partial charge in [-0.05, 0) is 37.1 Å². The summed E-state index contributed by atoms with van der Waals surface area (Å²) < 4.78 is 0. The minimum Gasteiger partial charge on any atom is -0.316 e. The lowest BCUT2D eigenvalue weighted by atomic mass is 9.83. The predicted octanol–water partition coefficient (Wildman–Crippen LogP) is 4.67. The maximum absolute atomic E-state index is 12.4. The molecule has 0 unspecified atom stereocenters. The van der Waals surface area contributed by atoms with Crippen molar-refractivity contribution < 1.29 is 4.79 Å². The van der Waals surface area contributed by atoms with Crippen LogP contribution in [0.5, 0.6) is 0 Å². The minimum absolute atomic E-state index is 0.0970. The molecule has 1 aromatic heterocycles. The smallest absolute Gasteiger partial charge is 0.225 e. The SMILES string of the molecule is CC(=O)N(C[C@@](N)(c1ccc(C)cc1)c1ccc(Cl)cc1)c1ncc(C)s1. The quantitative estimate of drug-likeness (QED) is 0.678. The number of rotatable bonds is 5. The van der Waals surface area contributed by atoms with Crippen molar-refractivity contribution in [2.75, 3.05) is 11.4 Å². The van der Waals surface area contributed by atoms with E-state index >= 15 is 0 Å². The van der Waals surface area contributed by atoms with Crippen LogP contribution >= 0.6 is 22.9 Å². The van der Waals surface area contributed by atoms with Crippen LogP contribution in [0.25, 0.3) is 0 Å². The summed E-state index contributed by atoms with van der Waals surface area (Å²) in [4.78, 5) is 19.5. The number of thiazole rings is 1. The first kappa shape index (κ1) is 19.5. The van der Waals surface area contributed by atoms with Crippen LogP contribution in [0.4, 0.5) is 5.13 Å². The number of amides is 1. The van der Waals surface area contributed by atoms with Gasteiger partial charge in [-0.1, -0.05) is 53.6 Å². The molecule has 0 fully saturated rings. The van der Waals surface area contributed by atoms with Crippen molar-refractivity contribution in [3.8, 4) is 0 Å². The topological polar surface area (TPSA) is 59.2 Å². The molecule has 3 aromatic rings. The predicted molar refractivity (Wildman–Crippen MR) is 112 cm³/mol. The number of aryl methyl sites for hydroxylation is 2. The summed E-state index contributed by atoms with van der Waals surface area (Å²) in [5.74, 6) is -0.0970. The summed E-state index contributed by atoms with van der Waals surface area (Å²) in [6.07, 6.45) is 1.77. The van der Waals surface area contributed by atoms with E-state index in [4.69, 9.17) is 17.3 Å². The van der Waals surface area contributed by atoms with E-state index in [-0.39, 0.29) is 12.5 Å². The molecule has 0 saturated heterocycles. The molecule has 4 nitrogen and oxygen atoms in total. The molecule has 1 heterocycles. The third-order valence-corrected chi connectivity index (χ3v) is 5.74. The average molecular weight is 400 g/mol. The van der Waals surface area contributed by atoms with Crippen molar-refractivity contribution in [1.82, 2.24) is 4.98 Å². The summed E-state index contributed by atoms with van der Waals surface area (Å²) in [5.41, 5.74) is 9.02. The summed E-state index contributed by atoms with van der Waals surface area (Å²) in [7, 11) is 0. The van der Waals surface area contributed by atoms with E-state index in [1.54, 1.807) is 11.1 Å². The summed E-state index contributed by atoms with van der Waals surface area (Å²) >= 11 is 7.55. The fraction of sp³-hybridized carbons (Fsp3) is 0.238. The highest BCUT2D eigenvalue weighted by Crippen LogP contribution is 2.32. The standard InChI is InChI=1S/C21H22ClN3OS/c1-14-4-6-17(7-5-14)21(23,18-8-10-19(22)11-9-18)13-25(16(3)26)20-24-12-15(2)27-20/h4-12H,13,23H2,1-3H3/t21-/m1/s1. The first-order valence-electron chi connectivity index (χ1n) is 8.62. The molecule has 6 heteroatoms. The largest absolute Gasteiger partial charge is 0.316 e. The number of nitrogens with zero attached hydrogens (tertiary/aromatic N) is 2. The van der Waals surface area contributed by atoms with E-state index in [2.05, 4.69) is 4.98 Å². The van der Waals surface area contributed by atoms with Crippen molar-refractivity contribution in [2.24, 2.45) is 5.73 Å². The van der Waals surface area contributed by atoms with Gasteiger partial charge in [0.15, 0.2) is 5.13 Å². The Morgan fingerprint density at radius 3 is 2.15 bits per heavy atom. The fourth-order valence-electron chi connectivity index (χ4n) is 2.98. The van der Waals surface area contributed by atoms with Gasteiger partial charge < -0.3 is 5.73 Å². The Labute approximate surface area is 168 Å². The molecule has 0 radical (unpaired) electrons. The second kappa shape index (κ2) is 7.80. The van der Waals surface area contributed by atoms with Gasteiger partial charge in [0.05, 0.1) is 12.1 Å². The summed E-state index contributed by atoms with van der Waals surface area (Å²) in [6, 6.07) is 15.5. The molecule has 0 aliphatic heterocycles. The molecule has 27 heavy (non-hydrogen) atoms. The van der Waals surface area contributed by atoms with E-state index in [0.29, 0.717) is 10.2 Å². The van der Waals surface area contributed by atoms with Crippen molar-refractivity contribution in [3.63, 3.8) is 0 Å². The van der Waals surface area contributed by atoms with E-state index in [1.165, 1.54) is 18.3 Å². The highest BCUT2D eigenvalue weighted by atomic mass is 35.5. The van der Waals surface area contributed by atoms with Crippen LogP contribution in [0, 0.1) is 13.8 Å². The van der Waals surface area contributed by atoms with Crippen LogP contribution in [0.3, 0.4) is 0 Å². The van der Waals surface area contributed by atoms with Gasteiger partial charge in [0, 0.05) is 23.0 Å². The highest BCUT2D eigenvalue weighted by molar-refractivity contribution is 7.15. The molecule has 2 aromatic carbocycles. The zero-order valence-electron chi connectivity index (χ0n) is 15.6.